The Morgan fingerprint density at radius 1 is 1.41 bits per heavy atom. The highest BCUT2D eigenvalue weighted by atomic mass is 16.5. The predicted molar refractivity (Wildman–Crippen MR) is 69.9 cm³/mol. The normalized spacial score (nSPS) is 11.4. The summed E-state index contributed by atoms with van der Waals surface area (Å²) in [6, 6.07) is 2.09. The molecule has 0 aliphatic rings. The lowest BCUT2D eigenvalue weighted by Gasteiger charge is -2.05. The summed E-state index contributed by atoms with van der Waals surface area (Å²) in [5.41, 5.74) is 1.17. The molecule has 1 rings (SSSR count). The summed E-state index contributed by atoms with van der Waals surface area (Å²) in [6.45, 7) is 11.7. The lowest BCUT2D eigenvalue weighted by Crippen LogP contribution is -2.10. The maximum atomic E-state index is 5.65. The molecule has 3 nitrogen and oxygen atoms in total. The number of aryl methyl sites for hydroxylation is 1. The predicted octanol–water partition coefficient (Wildman–Crippen LogP) is 3.26. The number of hydrogen-bond donors (Lipinski definition) is 1. The van der Waals surface area contributed by atoms with Crippen molar-refractivity contribution in [3.05, 3.63) is 23.2 Å². The van der Waals surface area contributed by atoms with E-state index in [1.807, 2.05) is 6.92 Å². The average Bonchev–Trinajstić information content (AvgIpc) is 2.62. The van der Waals surface area contributed by atoms with Gasteiger partial charge in [-0.2, -0.15) is 0 Å². The number of furan rings is 1. The largest absolute Gasteiger partial charge is 0.465 e. The number of rotatable bonds is 8. The second kappa shape index (κ2) is 7.51. The van der Waals surface area contributed by atoms with Crippen molar-refractivity contribution in [2.24, 2.45) is 5.92 Å². The summed E-state index contributed by atoms with van der Waals surface area (Å²) in [5.74, 6) is 2.67. The van der Waals surface area contributed by atoms with Crippen LogP contribution >= 0.6 is 0 Å². The van der Waals surface area contributed by atoms with Crippen molar-refractivity contribution in [3.8, 4) is 0 Å². The van der Waals surface area contributed by atoms with Gasteiger partial charge in [-0.15, -0.1) is 0 Å². The van der Waals surface area contributed by atoms with Crippen LogP contribution in [0, 0.1) is 12.8 Å². The van der Waals surface area contributed by atoms with Gasteiger partial charge >= 0.3 is 0 Å². The quantitative estimate of drug-likeness (QED) is 0.707. The number of ether oxygens (including phenoxy) is 1. The average molecular weight is 239 g/mol. The van der Waals surface area contributed by atoms with Gasteiger partial charge in [-0.05, 0) is 31.9 Å². The van der Waals surface area contributed by atoms with E-state index in [-0.39, 0.29) is 0 Å². The van der Waals surface area contributed by atoms with E-state index in [1.165, 1.54) is 5.56 Å². The lowest BCUT2D eigenvalue weighted by molar-refractivity contribution is 0.110. The molecular weight excluding hydrogens is 214 g/mol. The van der Waals surface area contributed by atoms with Gasteiger partial charge in [-0.25, -0.2) is 0 Å². The van der Waals surface area contributed by atoms with Gasteiger partial charge in [0.05, 0.1) is 13.2 Å². The van der Waals surface area contributed by atoms with Gasteiger partial charge in [-0.1, -0.05) is 20.8 Å². The zero-order chi connectivity index (χ0) is 12.7. The molecule has 0 atom stereocenters. The van der Waals surface area contributed by atoms with Crippen molar-refractivity contribution in [2.45, 2.75) is 47.3 Å². The van der Waals surface area contributed by atoms with E-state index in [0.717, 1.165) is 37.6 Å². The van der Waals surface area contributed by atoms with Gasteiger partial charge in [0, 0.05) is 12.2 Å². The van der Waals surface area contributed by atoms with Gasteiger partial charge in [0.25, 0.3) is 0 Å². The summed E-state index contributed by atoms with van der Waals surface area (Å²) in [6.07, 6.45) is 1.11. The minimum absolute atomic E-state index is 0.661. The van der Waals surface area contributed by atoms with Gasteiger partial charge in [0.1, 0.15) is 11.5 Å². The summed E-state index contributed by atoms with van der Waals surface area (Å²) in [7, 11) is 0. The Morgan fingerprint density at radius 3 is 2.82 bits per heavy atom. The molecule has 17 heavy (non-hydrogen) atoms. The van der Waals surface area contributed by atoms with Crippen molar-refractivity contribution in [2.75, 3.05) is 13.2 Å². The fourth-order valence-corrected chi connectivity index (χ4v) is 1.57. The molecule has 3 heteroatoms. The minimum atomic E-state index is 0.661. The van der Waals surface area contributed by atoms with E-state index in [9.17, 15) is 0 Å². The van der Waals surface area contributed by atoms with Crippen LogP contribution in [0.2, 0.25) is 0 Å². The summed E-state index contributed by atoms with van der Waals surface area (Å²) >= 11 is 0. The smallest absolute Gasteiger partial charge is 0.118 e. The van der Waals surface area contributed by atoms with Crippen LogP contribution in [0.25, 0.3) is 0 Å². The molecule has 0 amide bonds. The Hall–Kier alpha value is -0.800. The zero-order valence-electron chi connectivity index (χ0n) is 11.5. The first-order chi connectivity index (χ1) is 8.13. The monoisotopic (exact) mass is 239 g/mol. The molecule has 0 spiro atoms. The first kappa shape index (κ1) is 14.3. The molecule has 0 aliphatic heterocycles. The number of hydrogen-bond acceptors (Lipinski definition) is 3. The molecule has 0 fully saturated rings. The van der Waals surface area contributed by atoms with Crippen molar-refractivity contribution in [3.63, 3.8) is 0 Å². The second-order valence-corrected chi connectivity index (χ2v) is 4.81. The highest BCUT2D eigenvalue weighted by Crippen LogP contribution is 2.16. The molecule has 0 saturated carbocycles. The van der Waals surface area contributed by atoms with Crippen LogP contribution in [0.1, 0.15) is 44.3 Å². The lowest BCUT2D eigenvalue weighted by atomic mass is 10.1. The SMILES string of the molecule is CCNCc1cc(COCCC(C)C)c(C)o1. The molecule has 0 saturated heterocycles. The van der Waals surface area contributed by atoms with Gasteiger partial charge in [-0.3, -0.25) is 0 Å². The van der Waals surface area contributed by atoms with Crippen molar-refractivity contribution in [1.82, 2.24) is 5.32 Å². The third-order valence-corrected chi connectivity index (χ3v) is 2.72. The van der Waals surface area contributed by atoms with E-state index in [4.69, 9.17) is 9.15 Å². The van der Waals surface area contributed by atoms with Crippen LogP contribution in [0.5, 0.6) is 0 Å². The minimum Gasteiger partial charge on any atom is -0.465 e. The first-order valence-corrected chi connectivity index (χ1v) is 6.50. The van der Waals surface area contributed by atoms with Crippen molar-refractivity contribution in [1.29, 1.82) is 0 Å². The molecule has 1 heterocycles. The van der Waals surface area contributed by atoms with E-state index in [0.29, 0.717) is 12.5 Å². The molecule has 0 bridgehead atoms. The molecule has 0 aliphatic carbocycles. The van der Waals surface area contributed by atoms with Crippen LogP contribution in [-0.4, -0.2) is 13.2 Å². The summed E-state index contributed by atoms with van der Waals surface area (Å²) < 4.78 is 11.3. The van der Waals surface area contributed by atoms with Crippen LogP contribution in [-0.2, 0) is 17.9 Å². The Kier molecular flexibility index (Phi) is 6.30. The number of nitrogens with one attached hydrogen (secondary N) is 1. The first-order valence-electron chi connectivity index (χ1n) is 6.50. The van der Waals surface area contributed by atoms with Crippen molar-refractivity contribution < 1.29 is 9.15 Å². The molecular formula is C14H25NO2. The standard InChI is InChI=1S/C14H25NO2/c1-5-15-9-14-8-13(12(4)17-14)10-16-7-6-11(2)3/h8,11,15H,5-7,9-10H2,1-4H3. The van der Waals surface area contributed by atoms with Crippen LogP contribution in [0.4, 0.5) is 0 Å². The second-order valence-electron chi connectivity index (χ2n) is 4.81. The van der Waals surface area contributed by atoms with Gasteiger partial charge in [0.15, 0.2) is 0 Å². The fourth-order valence-electron chi connectivity index (χ4n) is 1.57. The van der Waals surface area contributed by atoms with Crippen LogP contribution < -0.4 is 5.32 Å². The highest BCUT2D eigenvalue weighted by Gasteiger charge is 2.07. The van der Waals surface area contributed by atoms with Crippen LogP contribution in [0.15, 0.2) is 10.5 Å². The summed E-state index contributed by atoms with van der Waals surface area (Å²) in [4.78, 5) is 0. The van der Waals surface area contributed by atoms with E-state index in [2.05, 4.69) is 32.2 Å². The van der Waals surface area contributed by atoms with Gasteiger partial charge < -0.3 is 14.5 Å². The van der Waals surface area contributed by atoms with E-state index < -0.39 is 0 Å². The van der Waals surface area contributed by atoms with E-state index in [1.54, 1.807) is 0 Å². The Balaban J connectivity index is 2.34. The maximum absolute atomic E-state index is 5.65. The fraction of sp³-hybridized carbons (Fsp3) is 0.714. The highest BCUT2D eigenvalue weighted by molar-refractivity contribution is 5.19. The molecule has 1 aromatic rings. The molecule has 98 valence electrons. The Morgan fingerprint density at radius 2 is 2.18 bits per heavy atom. The molecule has 0 unspecified atom stereocenters. The molecule has 1 N–H and O–H groups in total. The maximum Gasteiger partial charge on any atom is 0.118 e. The van der Waals surface area contributed by atoms with Crippen molar-refractivity contribution >= 4 is 0 Å². The Labute approximate surface area is 105 Å². The summed E-state index contributed by atoms with van der Waals surface area (Å²) in [5, 5.41) is 3.25. The third kappa shape index (κ3) is 5.37. The molecule has 0 aromatic carbocycles. The Bertz CT molecular complexity index is 318. The zero-order valence-corrected chi connectivity index (χ0v) is 11.5. The third-order valence-electron chi connectivity index (χ3n) is 2.72. The molecule has 1 aromatic heterocycles. The van der Waals surface area contributed by atoms with Crippen LogP contribution in [0.3, 0.4) is 0 Å². The van der Waals surface area contributed by atoms with E-state index >= 15 is 0 Å². The van der Waals surface area contributed by atoms with Gasteiger partial charge in [0.2, 0.25) is 0 Å². The topological polar surface area (TPSA) is 34.4 Å². The molecule has 0 radical (unpaired) electrons.